The molecule has 182 valence electrons. The number of nitro benzene ring substituents is 1. The van der Waals surface area contributed by atoms with Gasteiger partial charge in [0.15, 0.2) is 0 Å². The lowest BCUT2D eigenvalue weighted by Gasteiger charge is -2.27. The van der Waals surface area contributed by atoms with Crippen molar-refractivity contribution < 1.29 is 9.66 Å². The summed E-state index contributed by atoms with van der Waals surface area (Å²) in [5.41, 5.74) is 5.19. The molecule has 0 unspecified atom stereocenters. The monoisotopic (exact) mass is 484 g/mol. The summed E-state index contributed by atoms with van der Waals surface area (Å²) < 4.78 is 5.47. The zero-order chi connectivity index (χ0) is 24.9. The van der Waals surface area contributed by atoms with Gasteiger partial charge in [-0.05, 0) is 36.1 Å². The average Bonchev–Trinajstić information content (AvgIpc) is 2.92. The number of hydrazone groups is 1. The van der Waals surface area contributed by atoms with E-state index in [1.165, 1.54) is 12.1 Å². The Morgan fingerprint density at radius 3 is 2.47 bits per heavy atom. The summed E-state index contributed by atoms with van der Waals surface area (Å²) in [7, 11) is 0. The lowest BCUT2D eigenvalue weighted by molar-refractivity contribution is -0.384. The largest absolute Gasteiger partial charge is 0.378 e. The molecular weight excluding hydrogens is 460 g/mol. The molecule has 5 rings (SSSR count). The van der Waals surface area contributed by atoms with Gasteiger partial charge in [-0.15, -0.1) is 0 Å². The lowest BCUT2D eigenvalue weighted by Crippen LogP contribution is -2.37. The minimum absolute atomic E-state index is 0.0243. The minimum Gasteiger partial charge on any atom is -0.378 e. The number of nitrogens with zero attached hydrogens (tertiary/aromatic N) is 6. The Kier molecular flexibility index (Phi) is 6.63. The number of benzene rings is 3. The molecule has 1 aliphatic heterocycles. The van der Waals surface area contributed by atoms with Crippen LogP contribution < -0.4 is 15.6 Å². The second-order valence-corrected chi connectivity index (χ2v) is 8.15. The Bertz CT molecular complexity index is 1410. The van der Waals surface area contributed by atoms with Crippen LogP contribution in [0.3, 0.4) is 0 Å². The number of non-ortho nitro benzene ring substituents is 1. The third-order valence-corrected chi connectivity index (χ3v) is 5.77. The summed E-state index contributed by atoms with van der Waals surface area (Å²) in [5.74, 6) is 1.17. The predicted octanol–water partition coefficient (Wildman–Crippen LogP) is 4.35. The number of ether oxygens (including phenoxy) is 1. The number of hydrogen-bond donors (Lipinski definition) is 2. The van der Waals surface area contributed by atoms with E-state index >= 15 is 0 Å². The molecule has 0 aliphatic carbocycles. The van der Waals surface area contributed by atoms with E-state index in [9.17, 15) is 10.1 Å². The Morgan fingerprint density at radius 2 is 1.69 bits per heavy atom. The molecular formula is C25H24N8O3. The van der Waals surface area contributed by atoms with Gasteiger partial charge in [-0.25, -0.2) is 5.43 Å². The van der Waals surface area contributed by atoms with Crippen molar-refractivity contribution in [3.63, 3.8) is 0 Å². The van der Waals surface area contributed by atoms with E-state index in [1.54, 1.807) is 19.1 Å². The molecule has 4 aromatic rings. The third kappa shape index (κ3) is 5.20. The van der Waals surface area contributed by atoms with Crippen molar-refractivity contribution >= 4 is 45.7 Å². The third-order valence-electron chi connectivity index (χ3n) is 5.77. The molecule has 2 N–H and O–H groups in total. The van der Waals surface area contributed by atoms with E-state index < -0.39 is 4.92 Å². The maximum atomic E-state index is 10.9. The van der Waals surface area contributed by atoms with Crippen molar-refractivity contribution in [2.24, 2.45) is 5.10 Å². The standard InChI is InChI=1S/C25H24N8O3/c1-17(18-9-11-20(12-10-18)33(34)35)30-31-24-27-23(28-25(29-24)32-13-15-36-16-14-32)26-22-8-4-6-19-5-2-3-7-21(19)22/h2-12H,13-16H2,1H3,(H2,26,27,28,29,31)/b30-17+. The first-order valence-corrected chi connectivity index (χ1v) is 11.5. The highest BCUT2D eigenvalue weighted by atomic mass is 16.6. The SMILES string of the molecule is C/C(=N\Nc1nc(Nc2cccc3ccccc23)nc(N2CCOCC2)n1)c1ccc([N+](=O)[O-])cc1. The van der Waals surface area contributed by atoms with Crippen LogP contribution in [0.5, 0.6) is 0 Å². The summed E-state index contributed by atoms with van der Waals surface area (Å²) in [4.78, 5) is 26.3. The first kappa shape index (κ1) is 23.1. The van der Waals surface area contributed by atoms with Crippen molar-refractivity contribution in [2.45, 2.75) is 6.92 Å². The van der Waals surface area contributed by atoms with Crippen molar-refractivity contribution in [1.29, 1.82) is 0 Å². The fraction of sp³-hybridized carbons (Fsp3) is 0.200. The normalized spacial score (nSPS) is 14.0. The zero-order valence-corrected chi connectivity index (χ0v) is 19.6. The maximum absolute atomic E-state index is 10.9. The molecule has 1 aromatic heterocycles. The molecule has 0 spiro atoms. The number of fused-ring (bicyclic) bond motifs is 1. The quantitative estimate of drug-likeness (QED) is 0.223. The zero-order valence-electron chi connectivity index (χ0n) is 19.6. The second kappa shape index (κ2) is 10.3. The molecule has 1 fully saturated rings. The molecule has 11 nitrogen and oxygen atoms in total. The molecule has 2 heterocycles. The molecule has 0 saturated carbocycles. The number of morpholine rings is 1. The number of hydrogen-bond acceptors (Lipinski definition) is 10. The number of nitrogens with one attached hydrogen (secondary N) is 2. The van der Waals surface area contributed by atoms with Gasteiger partial charge in [-0.1, -0.05) is 36.4 Å². The first-order valence-electron chi connectivity index (χ1n) is 11.5. The minimum atomic E-state index is -0.434. The summed E-state index contributed by atoms with van der Waals surface area (Å²) in [5, 5.41) is 20.8. The van der Waals surface area contributed by atoms with E-state index in [2.05, 4.69) is 42.9 Å². The topological polar surface area (TPSA) is 131 Å². The number of rotatable bonds is 7. The van der Waals surface area contributed by atoms with Gasteiger partial charge < -0.3 is 15.0 Å². The smallest absolute Gasteiger partial charge is 0.269 e. The van der Waals surface area contributed by atoms with Crippen LogP contribution in [-0.4, -0.2) is 51.9 Å². The molecule has 1 saturated heterocycles. The van der Waals surface area contributed by atoms with Gasteiger partial charge in [0, 0.05) is 36.3 Å². The Hall–Kier alpha value is -4.64. The van der Waals surface area contributed by atoms with E-state index in [0.29, 0.717) is 43.9 Å². The van der Waals surface area contributed by atoms with Gasteiger partial charge in [-0.3, -0.25) is 10.1 Å². The number of nitro groups is 1. The highest BCUT2D eigenvalue weighted by Crippen LogP contribution is 2.26. The molecule has 0 bridgehead atoms. The first-order chi connectivity index (χ1) is 17.6. The van der Waals surface area contributed by atoms with Crippen LogP contribution >= 0.6 is 0 Å². The van der Waals surface area contributed by atoms with Crippen LogP contribution in [-0.2, 0) is 4.74 Å². The average molecular weight is 485 g/mol. The van der Waals surface area contributed by atoms with Crippen LogP contribution in [0.15, 0.2) is 71.8 Å². The summed E-state index contributed by atoms with van der Waals surface area (Å²) in [6, 6.07) is 20.3. The van der Waals surface area contributed by atoms with Crippen LogP contribution in [0, 0.1) is 10.1 Å². The van der Waals surface area contributed by atoms with Crippen LogP contribution in [0.1, 0.15) is 12.5 Å². The summed E-state index contributed by atoms with van der Waals surface area (Å²) >= 11 is 0. The summed E-state index contributed by atoms with van der Waals surface area (Å²) in [6.45, 7) is 4.33. The Labute approximate surface area is 207 Å². The highest BCUT2D eigenvalue weighted by Gasteiger charge is 2.17. The highest BCUT2D eigenvalue weighted by molar-refractivity contribution is 5.99. The molecule has 36 heavy (non-hydrogen) atoms. The van der Waals surface area contributed by atoms with Crippen LogP contribution in [0.4, 0.5) is 29.2 Å². The van der Waals surface area contributed by atoms with Crippen molar-refractivity contribution in [2.75, 3.05) is 41.9 Å². The fourth-order valence-corrected chi connectivity index (χ4v) is 3.85. The van der Waals surface area contributed by atoms with Crippen molar-refractivity contribution in [3.05, 3.63) is 82.4 Å². The van der Waals surface area contributed by atoms with Gasteiger partial charge in [0.1, 0.15) is 0 Å². The molecule has 0 atom stereocenters. The van der Waals surface area contributed by atoms with Gasteiger partial charge in [0.2, 0.25) is 17.8 Å². The molecule has 3 aromatic carbocycles. The van der Waals surface area contributed by atoms with Gasteiger partial charge in [-0.2, -0.15) is 20.1 Å². The fourth-order valence-electron chi connectivity index (χ4n) is 3.85. The van der Waals surface area contributed by atoms with Gasteiger partial charge >= 0.3 is 0 Å². The molecule has 0 radical (unpaired) electrons. The molecule has 11 heteroatoms. The van der Waals surface area contributed by atoms with Gasteiger partial charge in [0.05, 0.1) is 23.8 Å². The van der Waals surface area contributed by atoms with Crippen LogP contribution in [0.2, 0.25) is 0 Å². The Morgan fingerprint density at radius 1 is 0.972 bits per heavy atom. The van der Waals surface area contributed by atoms with Crippen molar-refractivity contribution in [3.8, 4) is 0 Å². The Balaban J connectivity index is 1.44. The maximum Gasteiger partial charge on any atom is 0.269 e. The lowest BCUT2D eigenvalue weighted by atomic mass is 10.1. The number of aromatic nitrogens is 3. The van der Waals surface area contributed by atoms with Gasteiger partial charge in [0.25, 0.3) is 5.69 Å². The van der Waals surface area contributed by atoms with E-state index in [4.69, 9.17) is 4.74 Å². The summed E-state index contributed by atoms with van der Waals surface area (Å²) in [6.07, 6.45) is 0. The predicted molar refractivity (Wildman–Crippen MR) is 139 cm³/mol. The van der Waals surface area contributed by atoms with Crippen molar-refractivity contribution in [1.82, 2.24) is 15.0 Å². The molecule has 0 amide bonds. The van der Waals surface area contributed by atoms with Crippen LogP contribution in [0.25, 0.3) is 10.8 Å². The second-order valence-electron chi connectivity index (χ2n) is 8.15. The number of anilines is 4. The van der Waals surface area contributed by atoms with E-state index in [0.717, 1.165) is 22.0 Å². The molecule has 1 aliphatic rings. The van der Waals surface area contributed by atoms with E-state index in [-0.39, 0.29) is 11.6 Å². The van der Waals surface area contributed by atoms with E-state index in [1.807, 2.05) is 35.2 Å².